The lowest BCUT2D eigenvalue weighted by atomic mass is 10.1. The average Bonchev–Trinajstić information content (AvgIpc) is 2.36. The molecule has 0 saturated carbocycles. The van der Waals surface area contributed by atoms with Gasteiger partial charge in [0.1, 0.15) is 23.7 Å². The normalized spacial score (nSPS) is 13.8. The zero-order chi connectivity index (χ0) is 13.8. The Kier molecular flexibility index (Phi) is 4.67. The molecule has 1 N–H and O–H groups in total. The second-order valence-electron chi connectivity index (χ2n) is 4.27. The van der Waals surface area contributed by atoms with Crippen LogP contribution in [0.2, 0.25) is 0 Å². The van der Waals surface area contributed by atoms with Gasteiger partial charge in [-0.2, -0.15) is 0 Å². The lowest BCUT2D eigenvalue weighted by Crippen LogP contribution is -2.52. The Morgan fingerprint density at radius 2 is 2.17 bits per heavy atom. The van der Waals surface area contributed by atoms with E-state index in [1.807, 2.05) is 0 Å². The molecule has 1 aromatic rings. The van der Waals surface area contributed by atoms with Gasteiger partial charge < -0.3 is 14.8 Å². The zero-order valence-electron chi connectivity index (χ0n) is 11.0. The minimum atomic E-state index is -0.935. The van der Waals surface area contributed by atoms with Crippen LogP contribution < -0.4 is 10.1 Å². The molecule has 0 saturated heterocycles. The molecule has 0 aliphatic carbocycles. The maximum atomic E-state index is 12.9. The number of halogens is 1. The van der Waals surface area contributed by atoms with Gasteiger partial charge in [0.25, 0.3) is 0 Å². The van der Waals surface area contributed by atoms with Gasteiger partial charge in [0.05, 0.1) is 7.11 Å². The van der Waals surface area contributed by atoms with Crippen LogP contribution in [0.4, 0.5) is 4.39 Å². The largest absolute Gasteiger partial charge is 0.491 e. The van der Waals surface area contributed by atoms with Crippen molar-refractivity contribution in [1.29, 1.82) is 0 Å². The lowest BCUT2D eigenvalue weighted by molar-refractivity contribution is -0.148. The fourth-order valence-electron chi connectivity index (χ4n) is 1.46. The van der Waals surface area contributed by atoms with Crippen molar-refractivity contribution in [3.05, 3.63) is 29.6 Å². The van der Waals surface area contributed by atoms with Crippen molar-refractivity contribution in [2.45, 2.75) is 19.4 Å². The predicted octanol–water partition coefficient (Wildman–Crippen LogP) is 1.66. The first kappa shape index (κ1) is 14.4. The molecule has 0 amide bonds. The van der Waals surface area contributed by atoms with Crippen molar-refractivity contribution >= 4 is 5.97 Å². The van der Waals surface area contributed by atoms with Crippen molar-refractivity contribution < 1.29 is 18.7 Å². The smallest absolute Gasteiger partial charge is 0.329 e. The molecule has 4 nitrogen and oxygen atoms in total. The third-order valence-corrected chi connectivity index (χ3v) is 2.84. The van der Waals surface area contributed by atoms with Crippen molar-refractivity contribution in [2.75, 3.05) is 20.8 Å². The van der Waals surface area contributed by atoms with Crippen LogP contribution in [-0.4, -0.2) is 32.3 Å². The van der Waals surface area contributed by atoms with Gasteiger partial charge in [-0.3, -0.25) is 0 Å². The summed E-state index contributed by atoms with van der Waals surface area (Å²) in [5.74, 6) is -0.185. The van der Waals surface area contributed by atoms with E-state index in [1.165, 1.54) is 25.3 Å². The summed E-state index contributed by atoms with van der Waals surface area (Å²) in [6.07, 6.45) is 0. The Bertz CT molecular complexity index is 436. The van der Waals surface area contributed by atoms with Gasteiger partial charge in [-0.15, -0.1) is 0 Å². The van der Waals surface area contributed by atoms with Gasteiger partial charge in [-0.25, -0.2) is 9.18 Å². The highest BCUT2D eigenvalue weighted by Gasteiger charge is 2.33. The Morgan fingerprint density at radius 3 is 2.67 bits per heavy atom. The fourth-order valence-corrected chi connectivity index (χ4v) is 1.46. The van der Waals surface area contributed by atoms with E-state index in [-0.39, 0.29) is 12.4 Å². The monoisotopic (exact) mass is 255 g/mol. The van der Waals surface area contributed by atoms with E-state index >= 15 is 0 Å². The number of hydrogen-bond acceptors (Lipinski definition) is 4. The van der Waals surface area contributed by atoms with Crippen LogP contribution in [0.15, 0.2) is 18.2 Å². The highest BCUT2D eigenvalue weighted by Crippen LogP contribution is 2.20. The van der Waals surface area contributed by atoms with Crippen molar-refractivity contribution in [3.63, 3.8) is 0 Å². The molecule has 1 aromatic carbocycles. The van der Waals surface area contributed by atoms with Gasteiger partial charge in [-0.1, -0.05) is 0 Å². The summed E-state index contributed by atoms with van der Waals surface area (Å²) in [7, 11) is 2.97. The molecular formula is C13H18FNO3. The predicted molar refractivity (Wildman–Crippen MR) is 66.1 cm³/mol. The Hall–Kier alpha value is -1.62. The molecule has 0 heterocycles. The van der Waals surface area contributed by atoms with Crippen LogP contribution >= 0.6 is 0 Å². The summed E-state index contributed by atoms with van der Waals surface area (Å²) in [6.45, 7) is 3.52. The van der Waals surface area contributed by atoms with Crippen LogP contribution in [-0.2, 0) is 9.53 Å². The Labute approximate surface area is 106 Å². The number of methoxy groups -OCH3 is 1. The molecule has 0 bridgehead atoms. The highest BCUT2D eigenvalue weighted by molar-refractivity contribution is 5.80. The number of carbonyl (C=O) groups excluding carboxylic acids is 1. The van der Waals surface area contributed by atoms with E-state index in [9.17, 15) is 9.18 Å². The number of ether oxygens (including phenoxy) is 2. The summed E-state index contributed by atoms with van der Waals surface area (Å²) < 4.78 is 23.2. The van der Waals surface area contributed by atoms with Crippen LogP contribution in [0.5, 0.6) is 5.75 Å². The standard InChI is InChI=1S/C13H18FNO3/c1-9-7-10(14)5-6-11(9)18-8-13(2,15-3)12(16)17-4/h5-7,15H,8H2,1-4H3. The van der Waals surface area contributed by atoms with E-state index < -0.39 is 11.5 Å². The number of esters is 1. The summed E-state index contributed by atoms with van der Waals surface area (Å²) in [4.78, 5) is 11.6. The van der Waals surface area contributed by atoms with E-state index in [4.69, 9.17) is 9.47 Å². The molecule has 0 aromatic heterocycles. The molecule has 1 unspecified atom stereocenters. The van der Waals surface area contributed by atoms with Gasteiger partial charge in [0.15, 0.2) is 0 Å². The van der Waals surface area contributed by atoms with E-state index in [0.29, 0.717) is 11.3 Å². The molecule has 0 aliphatic heterocycles. The molecule has 5 heteroatoms. The van der Waals surface area contributed by atoms with Crippen LogP contribution in [0.25, 0.3) is 0 Å². The number of benzene rings is 1. The minimum Gasteiger partial charge on any atom is -0.491 e. The quantitative estimate of drug-likeness (QED) is 0.813. The van der Waals surface area contributed by atoms with Crippen LogP contribution in [0, 0.1) is 12.7 Å². The molecule has 0 aliphatic rings. The Morgan fingerprint density at radius 1 is 1.50 bits per heavy atom. The summed E-state index contributed by atoms with van der Waals surface area (Å²) in [5, 5.41) is 2.86. The second-order valence-corrected chi connectivity index (χ2v) is 4.27. The van der Waals surface area contributed by atoms with Gasteiger partial charge in [-0.05, 0) is 44.7 Å². The van der Waals surface area contributed by atoms with E-state index in [2.05, 4.69) is 5.32 Å². The average molecular weight is 255 g/mol. The van der Waals surface area contributed by atoms with Gasteiger partial charge in [0, 0.05) is 0 Å². The topological polar surface area (TPSA) is 47.6 Å². The molecule has 0 spiro atoms. The Balaban J connectivity index is 2.77. The number of nitrogens with one attached hydrogen (secondary N) is 1. The number of carbonyl (C=O) groups is 1. The van der Waals surface area contributed by atoms with Crippen LogP contribution in [0.3, 0.4) is 0 Å². The minimum absolute atomic E-state index is 0.0998. The molecular weight excluding hydrogens is 237 g/mol. The third kappa shape index (κ3) is 3.20. The SMILES string of the molecule is CNC(C)(COc1ccc(F)cc1C)C(=O)OC. The molecule has 1 rings (SSSR count). The molecule has 0 fully saturated rings. The third-order valence-electron chi connectivity index (χ3n) is 2.84. The van der Waals surface area contributed by atoms with Crippen LogP contribution in [0.1, 0.15) is 12.5 Å². The lowest BCUT2D eigenvalue weighted by Gasteiger charge is -2.26. The number of hydrogen-bond donors (Lipinski definition) is 1. The van der Waals surface area contributed by atoms with Crippen molar-refractivity contribution in [3.8, 4) is 5.75 Å². The maximum Gasteiger partial charge on any atom is 0.329 e. The first-order chi connectivity index (χ1) is 8.42. The number of likely N-dealkylation sites (N-methyl/N-ethyl adjacent to an activating group) is 1. The van der Waals surface area contributed by atoms with E-state index in [0.717, 1.165) is 0 Å². The summed E-state index contributed by atoms with van der Waals surface area (Å²) in [6, 6.07) is 4.24. The van der Waals surface area contributed by atoms with E-state index in [1.54, 1.807) is 20.9 Å². The maximum absolute atomic E-state index is 12.9. The van der Waals surface area contributed by atoms with Gasteiger partial charge >= 0.3 is 5.97 Å². The van der Waals surface area contributed by atoms with Crippen molar-refractivity contribution in [1.82, 2.24) is 5.32 Å². The first-order valence-corrected chi connectivity index (χ1v) is 5.59. The number of rotatable bonds is 5. The van der Waals surface area contributed by atoms with Crippen molar-refractivity contribution in [2.24, 2.45) is 0 Å². The molecule has 18 heavy (non-hydrogen) atoms. The molecule has 100 valence electrons. The molecule has 1 atom stereocenters. The highest BCUT2D eigenvalue weighted by atomic mass is 19.1. The number of aryl methyl sites for hydroxylation is 1. The second kappa shape index (κ2) is 5.82. The summed E-state index contributed by atoms with van der Waals surface area (Å²) in [5.41, 5.74) is -0.256. The molecule has 0 radical (unpaired) electrons. The fraction of sp³-hybridized carbons (Fsp3) is 0.462. The summed E-state index contributed by atoms with van der Waals surface area (Å²) >= 11 is 0. The first-order valence-electron chi connectivity index (χ1n) is 5.59. The van der Waals surface area contributed by atoms with Gasteiger partial charge in [0.2, 0.25) is 0 Å². The zero-order valence-corrected chi connectivity index (χ0v) is 11.0.